The summed E-state index contributed by atoms with van der Waals surface area (Å²) in [6, 6.07) is 6.83. The van der Waals surface area contributed by atoms with Crippen LogP contribution in [0.4, 0.5) is 5.69 Å². The Hall–Kier alpha value is -1.02. The fourth-order valence-corrected chi connectivity index (χ4v) is 2.39. The number of aryl methyl sites for hydroxylation is 2. The minimum Gasteiger partial charge on any atom is -0.385 e. The van der Waals surface area contributed by atoms with Crippen molar-refractivity contribution in [2.45, 2.75) is 26.2 Å². The van der Waals surface area contributed by atoms with Crippen LogP contribution in [0, 0.1) is 6.92 Å². The molecule has 1 heterocycles. The van der Waals surface area contributed by atoms with Crippen LogP contribution < -0.4 is 4.90 Å². The van der Waals surface area contributed by atoms with E-state index in [1.165, 1.54) is 36.2 Å². The monoisotopic (exact) mass is 219 g/mol. The van der Waals surface area contributed by atoms with Gasteiger partial charge in [0.05, 0.1) is 0 Å². The van der Waals surface area contributed by atoms with Crippen molar-refractivity contribution >= 4 is 5.69 Å². The number of hydrogen-bond acceptors (Lipinski definition) is 2. The predicted octanol–water partition coefficient (Wildman–Crippen LogP) is 2.78. The minimum atomic E-state index is 0.859. The molecule has 0 bridgehead atoms. The van der Waals surface area contributed by atoms with Gasteiger partial charge in [-0.3, -0.25) is 0 Å². The Morgan fingerprint density at radius 3 is 3.06 bits per heavy atom. The van der Waals surface area contributed by atoms with Gasteiger partial charge >= 0.3 is 0 Å². The summed E-state index contributed by atoms with van der Waals surface area (Å²) in [6.07, 6.45) is 3.63. The van der Waals surface area contributed by atoms with Crippen LogP contribution >= 0.6 is 0 Å². The van der Waals surface area contributed by atoms with Crippen LogP contribution in [-0.4, -0.2) is 26.8 Å². The minimum absolute atomic E-state index is 0.859. The highest BCUT2D eigenvalue weighted by Gasteiger charge is 2.15. The molecule has 0 fully saturated rings. The number of hydrogen-bond donors (Lipinski definition) is 0. The smallest absolute Gasteiger partial charge is 0.0479 e. The second kappa shape index (κ2) is 5.35. The standard InChI is InChI=1S/C14H21NO/c1-12-6-7-13-5-3-8-15(14(13)11-12)9-4-10-16-2/h6-7,11H,3-5,8-10H2,1-2H3. The van der Waals surface area contributed by atoms with Gasteiger partial charge in [-0.05, 0) is 43.4 Å². The number of anilines is 1. The number of methoxy groups -OCH3 is 1. The maximum absolute atomic E-state index is 5.12. The summed E-state index contributed by atoms with van der Waals surface area (Å²) in [4.78, 5) is 2.50. The zero-order valence-corrected chi connectivity index (χ0v) is 10.3. The molecular weight excluding hydrogens is 198 g/mol. The number of benzene rings is 1. The third kappa shape index (κ3) is 2.56. The number of ether oxygens (including phenoxy) is 1. The average molecular weight is 219 g/mol. The topological polar surface area (TPSA) is 12.5 Å². The van der Waals surface area contributed by atoms with Crippen molar-refractivity contribution < 1.29 is 4.74 Å². The van der Waals surface area contributed by atoms with Crippen LogP contribution in [-0.2, 0) is 11.2 Å². The summed E-state index contributed by atoms with van der Waals surface area (Å²) < 4.78 is 5.12. The van der Waals surface area contributed by atoms with Gasteiger partial charge in [0.25, 0.3) is 0 Å². The van der Waals surface area contributed by atoms with Crippen LogP contribution in [0.25, 0.3) is 0 Å². The molecule has 0 aliphatic carbocycles. The van der Waals surface area contributed by atoms with Gasteiger partial charge < -0.3 is 9.64 Å². The summed E-state index contributed by atoms with van der Waals surface area (Å²) in [5, 5.41) is 0. The number of rotatable bonds is 4. The lowest BCUT2D eigenvalue weighted by Crippen LogP contribution is -2.30. The Labute approximate surface area is 98.2 Å². The second-order valence-electron chi connectivity index (χ2n) is 4.57. The van der Waals surface area contributed by atoms with Crippen molar-refractivity contribution in [3.8, 4) is 0 Å². The Balaban J connectivity index is 2.09. The van der Waals surface area contributed by atoms with E-state index in [0.717, 1.165) is 19.6 Å². The SMILES string of the molecule is COCCCN1CCCc2ccc(C)cc21. The Morgan fingerprint density at radius 2 is 2.25 bits per heavy atom. The molecule has 16 heavy (non-hydrogen) atoms. The Bertz CT molecular complexity index is 349. The maximum atomic E-state index is 5.12. The van der Waals surface area contributed by atoms with Crippen molar-refractivity contribution in [3.05, 3.63) is 29.3 Å². The van der Waals surface area contributed by atoms with E-state index in [4.69, 9.17) is 4.74 Å². The predicted molar refractivity (Wildman–Crippen MR) is 68.2 cm³/mol. The normalized spacial score (nSPS) is 15.0. The van der Waals surface area contributed by atoms with Crippen LogP contribution in [0.3, 0.4) is 0 Å². The third-order valence-electron chi connectivity index (χ3n) is 3.23. The highest BCUT2D eigenvalue weighted by atomic mass is 16.5. The van der Waals surface area contributed by atoms with Crippen molar-refractivity contribution in [2.24, 2.45) is 0 Å². The van der Waals surface area contributed by atoms with E-state index < -0.39 is 0 Å². The van der Waals surface area contributed by atoms with Gasteiger partial charge in [0.2, 0.25) is 0 Å². The van der Waals surface area contributed by atoms with Gasteiger partial charge in [0, 0.05) is 32.5 Å². The van der Waals surface area contributed by atoms with E-state index in [1.54, 1.807) is 7.11 Å². The molecule has 1 aromatic rings. The molecule has 0 radical (unpaired) electrons. The molecule has 0 saturated heterocycles. The van der Waals surface area contributed by atoms with E-state index in [0.29, 0.717) is 0 Å². The van der Waals surface area contributed by atoms with Crippen molar-refractivity contribution in [1.29, 1.82) is 0 Å². The molecule has 0 unspecified atom stereocenters. The van der Waals surface area contributed by atoms with E-state index in [9.17, 15) is 0 Å². The van der Waals surface area contributed by atoms with E-state index in [2.05, 4.69) is 30.0 Å². The van der Waals surface area contributed by atoms with E-state index in [1.807, 2.05) is 0 Å². The molecule has 1 aromatic carbocycles. The van der Waals surface area contributed by atoms with E-state index in [-0.39, 0.29) is 0 Å². The zero-order valence-electron chi connectivity index (χ0n) is 10.3. The molecule has 0 spiro atoms. The third-order valence-corrected chi connectivity index (χ3v) is 3.23. The molecule has 2 rings (SSSR count). The van der Waals surface area contributed by atoms with Gasteiger partial charge in [-0.25, -0.2) is 0 Å². The van der Waals surface area contributed by atoms with Crippen molar-refractivity contribution in [3.63, 3.8) is 0 Å². The van der Waals surface area contributed by atoms with Gasteiger partial charge in [0.15, 0.2) is 0 Å². The van der Waals surface area contributed by atoms with Crippen LogP contribution in [0.15, 0.2) is 18.2 Å². The van der Waals surface area contributed by atoms with Gasteiger partial charge in [-0.2, -0.15) is 0 Å². The first-order chi connectivity index (χ1) is 7.81. The molecular formula is C14H21NO. The summed E-state index contributed by atoms with van der Waals surface area (Å²) in [7, 11) is 1.77. The summed E-state index contributed by atoms with van der Waals surface area (Å²) in [5.74, 6) is 0. The van der Waals surface area contributed by atoms with E-state index >= 15 is 0 Å². The average Bonchev–Trinajstić information content (AvgIpc) is 2.30. The Morgan fingerprint density at radius 1 is 1.38 bits per heavy atom. The molecule has 0 atom stereocenters. The molecule has 2 nitrogen and oxygen atoms in total. The summed E-state index contributed by atoms with van der Waals surface area (Å²) in [6.45, 7) is 5.34. The Kier molecular flexibility index (Phi) is 3.83. The number of fused-ring (bicyclic) bond motifs is 1. The fourth-order valence-electron chi connectivity index (χ4n) is 2.39. The first-order valence-corrected chi connectivity index (χ1v) is 6.14. The van der Waals surface area contributed by atoms with Crippen molar-refractivity contribution in [2.75, 3.05) is 31.7 Å². The van der Waals surface area contributed by atoms with Gasteiger partial charge in [0.1, 0.15) is 0 Å². The lowest BCUT2D eigenvalue weighted by molar-refractivity contribution is 0.196. The molecule has 0 saturated carbocycles. The largest absolute Gasteiger partial charge is 0.385 e. The molecule has 2 heteroatoms. The highest BCUT2D eigenvalue weighted by Crippen LogP contribution is 2.28. The molecule has 0 N–H and O–H groups in total. The fraction of sp³-hybridized carbons (Fsp3) is 0.571. The van der Waals surface area contributed by atoms with Crippen LogP contribution in [0.5, 0.6) is 0 Å². The van der Waals surface area contributed by atoms with Crippen LogP contribution in [0.2, 0.25) is 0 Å². The first kappa shape index (κ1) is 11.5. The van der Waals surface area contributed by atoms with Crippen LogP contribution in [0.1, 0.15) is 24.0 Å². The molecule has 0 aromatic heterocycles. The molecule has 1 aliphatic rings. The lowest BCUT2D eigenvalue weighted by Gasteiger charge is -2.31. The first-order valence-electron chi connectivity index (χ1n) is 6.14. The highest BCUT2D eigenvalue weighted by molar-refractivity contribution is 5.57. The number of nitrogens with zero attached hydrogens (tertiary/aromatic N) is 1. The molecule has 1 aliphatic heterocycles. The van der Waals surface area contributed by atoms with Crippen molar-refractivity contribution in [1.82, 2.24) is 0 Å². The second-order valence-corrected chi connectivity index (χ2v) is 4.57. The quantitative estimate of drug-likeness (QED) is 0.722. The molecule has 88 valence electrons. The summed E-state index contributed by atoms with van der Waals surface area (Å²) in [5.41, 5.74) is 4.31. The zero-order chi connectivity index (χ0) is 11.4. The summed E-state index contributed by atoms with van der Waals surface area (Å²) >= 11 is 0. The lowest BCUT2D eigenvalue weighted by atomic mass is 10.00. The van der Waals surface area contributed by atoms with Gasteiger partial charge in [-0.1, -0.05) is 12.1 Å². The molecule has 0 amide bonds. The maximum Gasteiger partial charge on any atom is 0.0479 e. The van der Waals surface area contributed by atoms with Gasteiger partial charge in [-0.15, -0.1) is 0 Å².